The first-order chi connectivity index (χ1) is 35.2. The number of aliphatic carboxylic acids is 2. The highest BCUT2D eigenvalue weighted by atomic mass is 16.8. The number of piperidine rings is 2. The smallest absolute Gasteiger partial charge is 0.349 e. The molecule has 14 nitrogen and oxygen atoms in total. The lowest BCUT2D eigenvalue weighted by Gasteiger charge is -2.32. The summed E-state index contributed by atoms with van der Waals surface area (Å²) < 4.78 is 35.3. The molecule has 0 spiro atoms. The Morgan fingerprint density at radius 3 is 1.00 bits per heavy atom. The molecule has 6 atom stereocenters. The van der Waals surface area contributed by atoms with Gasteiger partial charge in [-0.25, -0.2) is 19.2 Å². The van der Waals surface area contributed by atoms with E-state index < -0.39 is 47.7 Å². The van der Waals surface area contributed by atoms with E-state index in [0.717, 1.165) is 48.2 Å². The minimum atomic E-state index is -2.21. The highest BCUT2D eigenvalue weighted by Crippen LogP contribution is 2.43. The fourth-order valence-electron chi connectivity index (χ4n) is 9.32. The molecule has 374 valence electrons. The maximum absolute atomic E-state index is 12.0. The molecule has 0 radical (unpaired) electrons. The van der Waals surface area contributed by atoms with Gasteiger partial charge < -0.3 is 49.3 Å². The minimum Gasteiger partial charge on any atom is -0.478 e. The van der Waals surface area contributed by atoms with E-state index in [1.807, 2.05) is 72.8 Å². The van der Waals surface area contributed by atoms with Gasteiger partial charge in [-0.15, -0.1) is 0 Å². The second kappa shape index (κ2) is 24.9. The summed E-state index contributed by atoms with van der Waals surface area (Å²) in [7, 11) is 0. The Labute approximate surface area is 419 Å². The van der Waals surface area contributed by atoms with Gasteiger partial charge in [0.25, 0.3) is 0 Å². The predicted octanol–water partition coefficient (Wildman–Crippen LogP) is 8.50. The molecular formula is C58H60N2O12. The van der Waals surface area contributed by atoms with Crippen LogP contribution in [0.1, 0.15) is 81.5 Å². The lowest BCUT2D eigenvalue weighted by molar-refractivity contribution is -0.166. The first kappa shape index (κ1) is 51.3. The number of ether oxygens (including phenoxy) is 6. The summed E-state index contributed by atoms with van der Waals surface area (Å²) in [5, 5.41) is 25.7. The van der Waals surface area contributed by atoms with Crippen LogP contribution in [0, 0.1) is 0 Å². The van der Waals surface area contributed by atoms with Crippen molar-refractivity contribution in [3.63, 3.8) is 0 Å². The third-order valence-corrected chi connectivity index (χ3v) is 13.0. The second-order valence-electron chi connectivity index (χ2n) is 17.8. The molecule has 0 aliphatic carbocycles. The second-order valence-corrected chi connectivity index (χ2v) is 17.8. The fraction of sp³-hybridized carbons (Fsp3) is 0.310. The van der Waals surface area contributed by atoms with Crippen LogP contribution in [0.2, 0.25) is 0 Å². The van der Waals surface area contributed by atoms with Crippen molar-refractivity contribution in [3.05, 3.63) is 215 Å². The SMILES string of the molecule is O=C(OC(C(=O)O)C(OC(=O)c1ccccc1)C(=O)O)c1ccccc1.c1ccc(C2(c3ccccc3)OCC(C3CCCCN3)O2)cc1.c1ccc(C2(c3ccccc3)OCC(C3CCCCN3)O2)cc1. The van der Waals surface area contributed by atoms with Crippen LogP contribution < -0.4 is 10.6 Å². The Kier molecular flexibility index (Phi) is 17.7. The summed E-state index contributed by atoms with van der Waals surface area (Å²) in [6.45, 7) is 3.41. The van der Waals surface area contributed by atoms with Gasteiger partial charge in [0.05, 0.1) is 24.3 Å². The van der Waals surface area contributed by atoms with E-state index >= 15 is 0 Å². The molecule has 0 aromatic heterocycles. The number of hydrogen-bond donors (Lipinski definition) is 4. The maximum atomic E-state index is 12.0. The van der Waals surface area contributed by atoms with Crippen LogP contribution in [0.25, 0.3) is 0 Å². The number of rotatable bonds is 13. The monoisotopic (exact) mass is 976 g/mol. The molecule has 4 N–H and O–H groups in total. The first-order valence-electron chi connectivity index (χ1n) is 24.5. The number of esters is 2. The van der Waals surface area contributed by atoms with Gasteiger partial charge in [0, 0.05) is 34.3 Å². The quantitative estimate of drug-likeness (QED) is 0.0807. The fourth-order valence-corrected chi connectivity index (χ4v) is 9.32. The zero-order chi connectivity index (χ0) is 50.2. The van der Waals surface area contributed by atoms with Gasteiger partial charge in [-0.05, 0) is 63.0 Å². The largest absolute Gasteiger partial charge is 0.478 e. The van der Waals surface area contributed by atoms with Crippen molar-refractivity contribution in [2.45, 2.75) is 86.6 Å². The summed E-state index contributed by atoms with van der Waals surface area (Å²) in [6.07, 6.45) is 3.12. The summed E-state index contributed by atoms with van der Waals surface area (Å²) in [5.74, 6) is -7.20. The van der Waals surface area contributed by atoms with Crippen LogP contribution >= 0.6 is 0 Å². The molecule has 6 unspecified atom stereocenters. The zero-order valence-electron chi connectivity index (χ0n) is 39.8. The average molecular weight is 977 g/mol. The molecule has 72 heavy (non-hydrogen) atoms. The Morgan fingerprint density at radius 1 is 0.444 bits per heavy atom. The van der Waals surface area contributed by atoms with Gasteiger partial charge in [-0.1, -0.05) is 171 Å². The Bertz CT molecular complexity index is 2370. The van der Waals surface area contributed by atoms with Crippen molar-refractivity contribution in [3.8, 4) is 0 Å². The van der Waals surface area contributed by atoms with Crippen molar-refractivity contribution in [1.29, 1.82) is 0 Å². The number of nitrogens with one attached hydrogen (secondary N) is 2. The van der Waals surface area contributed by atoms with Crippen LogP contribution in [0.4, 0.5) is 0 Å². The van der Waals surface area contributed by atoms with Crippen LogP contribution in [-0.4, -0.2) is 96.9 Å². The molecule has 4 saturated heterocycles. The van der Waals surface area contributed by atoms with Crippen molar-refractivity contribution >= 4 is 23.9 Å². The lowest BCUT2D eigenvalue weighted by atomic mass is 9.97. The number of carbonyl (C=O) groups excluding carboxylic acids is 2. The molecule has 6 aromatic rings. The van der Waals surface area contributed by atoms with Gasteiger partial charge in [0.1, 0.15) is 12.2 Å². The third-order valence-electron chi connectivity index (χ3n) is 13.0. The van der Waals surface area contributed by atoms with Crippen molar-refractivity contribution < 1.29 is 57.8 Å². The van der Waals surface area contributed by atoms with Crippen molar-refractivity contribution in [1.82, 2.24) is 10.6 Å². The van der Waals surface area contributed by atoms with Gasteiger partial charge in [0.15, 0.2) is 0 Å². The molecule has 10 rings (SSSR count). The molecule has 0 saturated carbocycles. The van der Waals surface area contributed by atoms with E-state index in [4.69, 9.17) is 28.4 Å². The van der Waals surface area contributed by atoms with Crippen LogP contribution in [0.3, 0.4) is 0 Å². The number of carboxylic acid groups (broad SMARTS) is 2. The van der Waals surface area contributed by atoms with Gasteiger partial charge in [0.2, 0.25) is 23.8 Å². The van der Waals surface area contributed by atoms with Gasteiger partial charge in [-0.2, -0.15) is 0 Å². The molecular weight excluding hydrogens is 917 g/mol. The molecule has 0 bridgehead atoms. The number of carboxylic acids is 2. The Balaban J connectivity index is 0.000000145. The average Bonchev–Trinajstić information content (AvgIpc) is 4.12. The van der Waals surface area contributed by atoms with Crippen molar-refractivity contribution in [2.24, 2.45) is 0 Å². The molecule has 6 aromatic carbocycles. The zero-order valence-corrected chi connectivity index (χ0v) is 39.8. The number of benzene rings is 6. The number of hydrogen-bond acceptors (Lipinski definition) is 12. The van der Waals surface area contributed by atoms with Gasteiger partial charge in [-0.3, -0.25) is 0 Å². The molecule has 4 fully saturated rings. The molecule has 0 amide bonds. The topological polar surface area (TPSA) is 188 Å². The number of carbonyl (C=O) groups is 4. The summed E-state index contributed by atoms with van der Waals surface area (Å²) in [5.41, 5.74) is 4.29. The van der Waals surface area contributed by atoms with E-state index in [1.54, 1.807) is 12.1 Å². The molecule has 4 heterocycles. The van der Waals surface area contributed by atoms with Gasteiger partial charge >= 0.3 is 23.9 Å². The van der Waals surface area contributed by atoms with Crippen molar-refractivity contribution in [2.75, 3.05) is 26.3 Å². The summed E-state index contributed by atoms with van der Waals surface area (Å²) in [4.78, 5) is 46.8. The summed E-state index contributed by atoms with van der Waals surface area (Å²) >= 11 is 0. The van der Waals surface area contributed by atoms with E-state index in [9.17, 15) is 29.4 Å². The maximum Gasteiger partial charge on any atom is 0.349 e. The third kappa shape index (κ3) is 12.5. The lowest BCUT2D eigenvalue weighted by Crippen LogP contribution is -2.45. The van der Waals surface area contributed by atoms with E-state index in [2.05, 4.69) is 59.2 Å². The van der Waals surface area contributed by atoms with Crippen LogP contribution in [0.5, 0.6) is 0 Å². The normalized spacial score (nSPS) is 21.7. The molecule has 4 aliphatic rings. The summed E-state index contributed by atoms with van der Waals surface area (Å²) in [6, 6.07) is 56.7. The predicted molar refractivity (Wildman–Crippen MR) is 267 cm³/mol. The van der Waals surface area contributed by atoms with E-state index in [-0.39, 0.29) is 23.3 Å². The Hall–Kier alpha value is -7.04. The highest BCUT2D eigenvalue weighted by molar-refractivity contribution is 5.95. The minimum absolute atomic E-state index is 0.0253. The Morgan fingerprint density at radius 2 is 0.736 bits per heavy atom. The standard InChI is InChI=1S/2C20H23NO2.C18H14O8/c2*1-3-9-16(10-4-1)20(17-11-5-2-6-12-17)22-15-19(23-20)18-13-7-8-14-21-18;19-15(20)13(25-17(23)11-7-3-1-4-8-11)14(16(21)22)26-18(24)12-9-5-2-6-10-12/h2*1-6,9-12,18-19,21H,7-8,13-15H2;1-10,13-14H,(H,19,20)(H,21,22). The van der Waals surface area contributed by atoms with E-state index in [0.29, 0.717) is 25.3 Å². The molecule has 14 heteroatoms. The van der Waals surface area contributed by atoms with Crippen LogP contribution in [-0.2, 0) is 49.6 Å². The van der Waals surface area contributed by atoms with Crippen LogP contribution in [0.15, 0.2) is 182 Å². The highest BCUT2D eigenvalue weighted by Gasteiger charge is 2.48. The first-order valence-corrected chi connectivity index (χ1v) is 24.5. The molecule has 4 aliphatic heterocycles. The van der Waals surface area contributed by atoms with E-state index in [1.165, 1.54) is 74.2 Å².